The molecule has 0 bridgehead atoms. The van der Waals surface area contributed by atoms with Crippen molar-refractivity contribution in [3.05, 3.63) is 65.7 Å². The number of amides is 2. The van der Waals surface area contributed by atoms with Gasteiger partial charge in [-0.05, 0) is 18.6 Å². The van der Waals surface area contributed by atoms with E-state index in [-0.39, 0.29) is 30.4 Å². The third kappa shape index (κ3) is 2.98. The Morgan fingerprint density at radius 2 is 1.73 bits per heavy atom. The molecule has 0 saturated carbocycles. The molecule has 2 heterocycles. The van der Waals surface area contributed by atoms with Crippen molar-refractivity contribution in [1.29, 1.82) is 0 Å². The highest BCUT2D eigenvalue weighted by atomic mass is 16.5. The third-order valence-corrected chi connectivity index (χ3v) is 5.58. The molecule has 1 atom stereocenters. The van der Waals surface area contributed by atoms with E-state index < -0.39 is 18.2 Å². The van der Waals surface area contributed by atoms with Gasteiger partial charge in [0, 0.05) is 24.9 Å². The molecule has 30 heavy (non-hydrogen) atoms. The van der Waals surface area contributed by atoms with E-state index in [0.29, 0.717) is 29.8 Å². The number of ketones is 1. The zero-order valence-corrected chi connectivity index (χ0v) is 16.7. The van der Waals surface area contributed by atoms with Crippen molar-refractivity contribution in [2.75, 3.05) is 18.1 Å². The van der Waals surface area contributed by atoms with Gasteiger partial charge in [0.05, 0.1) is 11.3 Å². The van der Waals surface area contributed by atoms with Crippen LogP contribution in [0.5, 0.6) is 0 Å². The molecule has 1 saturated heterocycles. The van der Waals surface area contributed by atoms with E-state index >= 15 is 0 Å². The van der Waals surface area contributed by atoms with Crippen LogP contribution < -0.4 is 4.90 Å². The summed E-state index contributed by atoms with van der Waals surface area (Å²) in [6.07, 6.45) is 0.849. The summed E-state index contributed by atoms with van der Waals surface area (Å²) >= 11 is 0. The minimum absolute atomic E-state index is 0.115. The van der Waals surface area contributed by atoms with Crippen molar-refractivity contribution in [1.82, 2.24) is 4.90 Å². The Hall–Kier alpha value is -3.48. The number of fused-ring (bicyclic) bond motifs is 3. The minimum atomic E-state index is -1.56. The van der Waals surface area contributed by atoms with Gasteiger partial charge in [0.25, 0.3) is 5.91 Å². The highest BCUT2D eigenvalue weighted by Gasteiger charge is 2.61. The topological polar surface area (TPSA) is 84.0 Å². The molecule has 154 valence electrons. The van der Waals surface area contributed by atoms with Gasteiger partial charge in [-0.25, -0.2) is 4.79 Å². The van der Waals surface area contributed by atoms with E-state index in [1.165, 1.54) is 9.80 Å². The first-order valence-electron chi connectivity index (χ1n) is 10.00. The van der Waals surface area contributed by atoms with Gasteiger partial charge >= 0.3 is 5.97 Å². The van der Waals surface area contributed by atoms with Gasteiger partial charge in [-0.15, -0.1) is 0 Å². The second-order valence-electron chi connectivity index (χ2n) is 7.39. The lowest BCUT2D eigenvalue weighted by molar-refractivity contribution is -0.156. The number of hydrogen-bond donors (Lipinski definition) is 0. The van der Waals surface area contributed by atoms with Crippen LogP contribution in [0.4, 0.5) is 5.69 Å². The maximum atomic E-state index is 13.4. The molecule has 4 rings (SSSR count). The quantitative estimate of drug-likeness (QED) is 0.544. The fraction of sp³-hybridized carbons (Fsp3) is 0.304. The summed E-state index contributed by atoms with van der Waals surface area (Å²) < 4.78 is 5.41. The Bertz CT molecular complexity index is 1020. The van der Waals surface area contributed by atoms with Crippen LogP contribution in [-0.2, 0) is 14.3 Å². The molecule has 0 spiro atoms. The molecule has 2 aromatic rings. The predicted molar refractivity (Wildman–Crippen MR) is 109 cm³/mol. The fourth-order valence-electron chi connectivity index (χ4n) is 4.23. The van der Waals surface area contributed by atoms with E-state index in [4.69, 9.17) is 4.74 Å². The van der Waals surface area contributed by atoms with E-state index in [2.05, 4.69) is 0 Å². The lowest BCUT2D eigenvalue weighted by atomic mass is 9.96. The number of esters is 1. The molecule has 1 fully saturated rings. The fourth-order valence-corrected chi connectivity index (χ4v) is 4.23. The van der Waals surface area contributed by atoms with Gasteiger partial charge in [0.1, 0.15) is 0 Å². The molecule has 0 unspecified atom stereocenters. The Kier molecular flexibility index (Phi) is 5.11. The second kappa shape index (κ2) is 7.74. The van der Waals surface area contributed by atoms with Gasteiger partial charge < -0.3 is 9.64 Å². The highest BCUT2D eigenvalue weighted by Crippen LogP contribution is 2.45. The molecule has 2 aliphatic rings. The molecular formula is C23H22N2O5. The summed E-state index contributed by atoms with van der Waals surface area (Å²) in [5, 5.41) is 0. The van der Waals surface area contributed by atoms with E-state index in [0.717, 1.165) is 0 Å². The average Bonchev–Trinajstić information content (AvgIpc) is 3.13. The molecule has 2 aromatic carbocycles. The van der Waals surface area contributed by atoms with Crippen LogP contribution in [0, 0.1) is 0 Å². The Balaban J connectivity index is 1.69. The summed E-state index contributed by atoms with van der Waals surface area (Å²) in [4.78, 5) is 54.6. The Morgan fingerprint density at radius 3 is 2.47 bits per heavy atom. The summed E-state index contributed by atoms with van der Waals surface area (Å²) in [6.45, 7) is 1.73. The van der Waals surface area contributed by atoms with Crippen molar-refractivity contribution in [2.24, 2.45) is 0 Å². The zero-order chi connectivity index (χ0) is 21.3. The number of carbonyl (C=O) groups is 4. The number of nitrogens with zero attached hydrogens (tertiary/aromatic N) is 2. The lowest BCUT2D eigenvalue weighted by Crippen LogP contribution is -2.68. The van der Waals surface area contributed by atoms with Gasteiger partial charge in [0.15, 0.2) is 12.4 Å². The van der Waals surface area contributed by atoms with Crippen LogP contribution in [-0.4, -0.2) is 47.3 Å². The van der Waals surface area contributed by atoms with Crippen LogP contribution >= 0.6 is 0 Å². The van der Waals surface area contributed by atoms with E-state index in [1.807, 2.05) is 6.92 Å². The smallest absolute Gasteiger partial charge is 0.354 e. The third-order valence-electron chi connectivity index (χ3n) is 5.58. The SMILES string of the molecule is CCCN1C(=O)c2ccccc2N2C(=O)CC[C@@]12C(=O)OCC(=O)c1ccccc1. The van der Waals surface area contributed by atoms with E-state index in [1.54, 1.807) is 54.6 Å². The first-order chi connectivity index (χ1) is 14.5. The number of Topliss-reactive ketones (excluding diaryl/α,β-unsaturated/α-hetero) is 1. The summed E-state index contributed by atoms with van der Waals surface area (Å²) in [5.74, 6) is -1.66. The van der Waals surface area contributed by atoms with Crippen molar-refractivity contribution in [3.63, 3.8) is 0 Å². The number of carbonyl (C=O) groups excluding carboxylic acids is 4. The van der Waals surface area contributed by atoms with Crippen LogP contribution in [0.3, 0.4) is 0 Å². The lowest BCUT2D eigenvalue weighted by Gasteiger charge is -2.48. The molecule has 0 aliphatic carbocycles. The Labute approximate surface area is 174 Å². The Morgan fingerprint density at radius 1 is 1.03 bits per heavy atom. The molecule has 7 heteroatoms. The number of para-hydroxylation sites is 1. The predicted octanol–water partition coefficient (Wildman–Crippen LogP) is 2.80. The standard InChI is InChI=1S/C23H22N2O5/c1-2-14-24-21(28)17-10-6-7-11-18(17)25-20(27)12-13-23(24,25)22(29)30-15-19(26)16-8-4-3-5-9-16/h3-11H,2,12-15H2,1H3/t23-/m1/s1. The monoisotopic (exact) mass is 406 g/mol. The molecule has 2 amide bonds. The van der Waals surface area contributed by atoms with Gasteiger partial charge in [-0.1, -0.05) is 49.4 Å². The van der Waals surface area contributed by atoms with Crippen LogP contribution in [0.25, 0.3) is 0 Å². The summed E-state index contributed by atoms with van der Waals surface area (Å²) in [6, 6.07) is 15.3. The number of anilines is 1. The molecule has 2 aliphatic heterocycles. The number of hydrogen-bond acceptors (Lipinski definition) is 5. The molecule has 0 N–H and O–H groups in total. The normalized spacial score (nSPS) is 20.0. The molecule has 0 radical (unpaired) electrons. The van der Waals surface area contributed by atoms with Crippen LogP contribution in [0.2, 0.25) is 0 Å². The van der Waals surface area contributed by atoms with Crippen molar-refractivity contribution in [3.8, 4) is 0 Å². The first-order valence-corrected chi connectivity index (χ1v) is 10.00. The average molecular weight is 406 g/mol. The molecular weight excluding hydrogens is 384 g/mol. The van der Waals surface area contributed by atoms with Crippen LogP contribution in [0.1, 0.15) is 46.9 Å². The maximum absolute atomic E-state index is 13.4. The highest BCUT2D eigenvalue weighted by molar-refractivity contribution is 6.15. The summed E-state index contributed by atoms with van der Waals surface area (Å²) in [7, 11) is 0. The number of ether oxygens (including phenoxy) is 1. The van der Waals surface area contributed by atoms with Gasteiger partial charge in [-0.3, -0.25) is 19.3 Å². The summed E-state index contributed by atoms with van der Waals surface area (Å²) in [5.41, 5.74) is -0.346. The first kappa shape index (κ1) is 19.8. The van der Waals surface area contributed by atoms with Crippen LogP contribution in [0.15, 0.2) is 54.6 Å². The van der Waals surface area contributed by atoms with E-state index in [9.17, 15) is 19.2 Å². The zero-order valence-electron chi connectivity index (χ0n) is 16.7. The molecule has 0 aromatic heterocycles. The molecule has 7 nitrogen and oxygen atoms in total. The number of benzene rings is 2. The number of rotatable bonds is 6. The van der Waals surface area contributed by atoms with Gasteiger partial charge in [0.2, 0.25) is 11.6 Å². The van der Waals surface area contributed by atoms with Gasteiger partial charge in [-0.2, -0.15) is 0 Å². The minimum Gasteiger partial charge on any atom is -0.454 e. The van der Waals surface area contributed by atoms with Crippen molar-refractivity contribution >= 4 is 29.3 Å². The van der Waals surface area contributed by atoms with Crippen molar-refractivity contribution in [2.45, 2.75) is 31.8 Å². The second-order valence-corrected chi connectivity index (χ2v) is 7.39. The maximum Gasteiger partial charge on any atom is 0.354 e. The largest absolute Gasteiger partial charge is 0.454 e. The van der Waals surface area contributed by atoms with Crippen molar-refractivity contribution < 1.29 is 23.9 Å².